The predicted octanol–water partition coefficient (Wildman–Crippen LogP) is -5.07. The Morgan fingerprint density at radius 2 is 0.194 bits per heavy atom. The molecule has 36 heavy (non-hydrogen) atoms. The van der Waals surface area contributed by atoms with E-state index in [1.807, 2.05) is 0 Å². The third kappa shape index (κ3) is 63.0. The van der Waals surface area contributed by atoms with Gasteiger partial charge < -0.3 is 61.3 Å². The topological polar surface area (TPSA) is 448 Å². The van der Waals surface area contributed by atoms with Crippen molar-refractivity contribution in [2.24, 2.45) is 0 Å². The Labute approximate surface area is 191 Å². The molecule has 0 fully saturated rings. The van der Waals surface area contributed by atoms with Gasteiger partial charge >= 0.3 is 71.6 Å². The van der Waals surface area contributed by atoms with E-state index in [0.29, 0.717) is 0 Å². The molecule has 24 heteroatoms. The van der Waals surface area contributed by atoms with Gasteiger partial charge in [0, 0.05) is 0 Å². The summed E-state index contributed by atoms with van der Waals surface area (Å²) in [6.07, 6.45) is 0. The molecule has 24 nitrogen and oxygen atoms in total. The molecule has 0 aliphatic carbocycles. The van der Waals surface area contributed by atoms with Gasteiger partial charge in [-0.05, 0) is 0 Å². The fraction of sp³-hybridized carbons (Fsp3) is 0. The molecular formula is C12H12O24. The van der Waals surface area contributed by atoms with E-state index in [9.17, 15) is 0 Å². The molecule has 0 atom stereocenters. The largest absolute Gasteiger partial charge is 0.473 e. The summed E-state index contributed by atoms with van der Waals surface area (Å²) in [5, 5.41) is 88.7. The molecule has 204 valence electrons. The third-order valence-electron chi connectivity index (χ3n) is 1.10. The van der Waals surface area contributed by atoms with Crippen LogP contribution in [0.5, 0.6) is 0 Å². The quantitative estimate of drug-likeness (QED) is 0.128. The SMILES string of the molecule is O=C(O)C(=O)O.O=C(O)C(=O)O.O=C(O)C(=O)O.O=C(O)C(=O)O.O=C(O)C(=O)O.O=C(O)C(=O)O. The molecule has 0 spiro atoms. The Kier molecular flexibility index (Phi) is 30.1. The van der Waals surface area contributed by atoms with Crippen molar-refractivity contribution in [2.75, 3.05) is 0 Å². The summed E-state index contributed by atoms with van der Waals surface area (Å²) in [6.45, 7) is 0. The van der Waals surface area contributed by atoms with Crippen molar-refractivity contribution in [3.63, 3.8) is 0 Å². The van der Waals surface area contributed by atoms with Crippen molar-refractivity contribution < 1.29 is 119 Å². The zero-order chi connectivity index (χ0) is 30.9. The molecule has 0 aromatic rings. The first-order chi connectivity index (χ1) is 15.9. The van der Waals surface area contributed by atoms with Gasteiger partial charge in [0.05, 0.1) is 0 Å². The maximum atomic E-state index is 9.10. The van der Waals surface area contributed by atoms with E-state index < -0.39 is 71.6 Å². The smallest absolute Gasteiger partial charge is 0.414 e. The number of carbonyl (C=O) groups is 12. The Bertz CT molecular complexity index is 615. The number of aliphatic carboxylic acids is 12. The molecule has 0 saturated carbocycles. The van der Waals surface area contributed by atoms with Gasteiger partial charge in [0.25, 0.3) is 0 Å². The maximum absolute atomic E-state index is 9.10. The number of carboxylic acid groups (broad SMARTS) is 12. The highest BCUT2D eigenvalue weighted by molar-refractivity contribution is 6.29. The number of hydrogen-bond acceptors (Lipinski definition) is 12. The summed E-state index contributed by atoms with van der Waals surface area (Å²) < 4.78 is 0. The molecule has 0 aliphatic heterocycles. The molecular weight excluding hydrogens is 528 g/mol. The van der Waals surface area contributed by atoms with Gasteiger partial charge in [-0.25, -0.2) is 57.5 Å². The van der Waals surface area contributed by atoms with Crippen LogP contribution in [0.2, 0.25) is 0 Å². The maximum Gasteiger partial charge on any atom is 0.414 e. The van der Waals surface area contributed by atoms with Crippen LogP contribution in [0, 0.1) is 0 Å². The molecule has 0 rings (SSSR count). The van der Waals surface area contributed by atoms with Gasteiger partial charge in [-0.1, -0.05) is 0 Å². The lowest BCUT2D eigenvalue weighted by Gasteiger charge is -1.72. The Morgan fingerprint density at radius 3 is 0.194 bits per heavy atom. The van der Waals surface area contributed by atoms with Crippen LogP contribution in [0.3, 0.4) is 0 Å². The van der Waals surface area contributed by atoms with E-state index >= 15 is 0 Å². The first-order valence-corrected chi connectivity index (χ1v) is 6.63. The molecule has 0 saturated heterocycles. The van der Waals surface area contributed by atoms with Crippen LogP contribution in [-0.2, 0) is 57.5 Å². The standard InChI is InChI=1S/6C2H2O4/c6*3-1(4)2(5)6/h6*(H,3,4)(H,5,6). The van der Waals surface area contributed by atoms with Crippen molar-refractivity contribution in [1.82, 2.24) is 0 Å². The molecule has 0 amide bonds. The monoisotopic (exact) mass is 540 g/mol. The number of hydrogen-bond donors (Lipinski definition) is 12. The molecule has 0 aromatic carbocycles. The summed E-state index contributed by atoms with van der Waals surface area (Å²) in [6, 6.07) is 0. The fourth-order valence-electron chi connectivity index (χ4n) is 0. The zero-order valence-electron chi connectivity index (χ0n) is 16.3. The van der Waals surface area contributed by atoms with Gasteiger partial charge in [0.1, 0.15) is 0 Å². The van der Waals surface area contributed by atoms with E-state index in [2.05, 4.69) is 0 Å². The van der Waals surface area contributed by atoms with E-state index in [0.717, 1.165) is 0 Å². The average molecular weight is 540 g/mol. The highest BCUT2D eigenvalue weighted by Crippen LogP contribution is 1.58. The first-order valence-electron chi connectivity index (χ1n) is 6.63. The van der Waals surface area contributed by atoms with E-state index in [1.54, 1.807) is 0 Å². The van der Waals surface area contributed by atoms with Crippen LogP contribution in [0.25, 0.3) is 0 Å². The summed E-state index contributed by atoms with van der Waals surface area (Å²) in [4.78, 5) is 109. The van der Waals surface area contributed by atoms with Gasteiger partial charge in [-0.15, -0.1) is 0 Å². The summed E-state index contributed by atoms with van der Waals surface area (Å²) in [5.74, 6) is -21.9. The van der Waals surface area contributed by atoms with Crippen LogP contribution >= 0.6 is 0 Å². The van der Waals surface area contributed by atoms with Crippen LogP contribution in [-0.4, -0.2) is 133 Å². The lowest BCUT2D eigenvalue weighted by atomic mass is 10.7. The molecule has 0 bridgehead atoms. The zero-order valence-corrected chi connectivity index (χ0v) is 16.3. The minimum Gasteiger partial charge on any atom is -0.473 e. The average Bonchev–Trinajstić information content (AvgIpc) is 2.69. The lowest BCUT2D eigenvalue weighted by Crippen LogP contribution is -2.09. The number of rotatable bonds is 0. The molecule has 0 aromatic heterocycles. The second-order valence-corrected chi connectivity index (χ2v) is 3.66. The van der Waals surface area contributed by atoms with Crippen LogP contribution in [0.4, 0.5) is 0 Å². The minimum atomic E-state index is -1.82. The van der Waals surface area contributed by atoms with Crippen LogP contribution in [0.15, 0.2) is 0 Å². The first kappa shape index (κ1) is 43.5. The normalized spacial score (nSPS) is 7.33. The highest BCUT2D eigenvalue weighted by atomic mass is 16.5. The summed E-state index contributed by atoms with van der Waals surface area (Å²) in [5.41, 5.74) is 0. The van der Waals surface area contributed by atoms with Crippen molar-refractivity contribution in [1.29, 1.82) is 0 Å². The van der Waals surface area contributed by atoms with Crippen molar-refractivity contribution in [3.05, 3.63) is 0 Å². The van der Waals surface area contributed by atoms with Crippen LogP contribution in [0.1, 0.15) is 0 Å². The molecule has 0 radical (unpaired) electrons. The van der Waals surface area contributed by atoms with Gasteiger partial charge in [-0.3, -0.25) is 0 Å². The lowest BCUT2D eigenvalue weighted by molar-refractivity contribution is -0.159. The van der Waals surface area contributed by atoms with Crippen molar-refractivity contribution in [2.45, 2.75) is 0 Å². The molecule has 0 aliphatic rings. The molecule has 0 unspecified atom stereocenters. The predicted molar refractivity (Wildman–Crippen MR) is 91.6 cm³/mol. The Balaban J connectivity index is -0.0000000750. The fourth-order valence-corrected chi connectivity index (χ4v) is 0. The van der Waals surface area contributed by atoms with E-state index in [-0.39, 0.29) is 0 Å². The van der Waals surface area contributed by atoms with E-state index in [4.69, 9.17) is 119 Å². The Hall–Kier alpha value is -6.36. The Morgan fingerprint density at radius 1 is 0.167 bits per heavy atom. The highest BCUT2D eigenvalue weighted by Gasteiger charge is 2.06. The third-order valence-corrected chi connectivity index (χ3v) is 1.10. The van der Waals surface area contributed by atoms with E-state index in [1.165, 1.54) is 0 Å². The van der Waals surface area contributed by atoms with Crippen molar-refractivity contribution in [3.8, 4) is 0 Å². The van der Waals surface area contributed by atoms with Crippen molar-refractivity contribution >= 4 is 71.6 Å². The second kappa shape index (κ2) is 24.9. The van der Waals surface area contributed by atoms with Gasteiger partial charge in [-0.2, -0.15) is 0 Å². The number of carboxylic acids is 12. The summed E-state index contributed by atoms with van der Waals surface area (Å²) in [7, 11) is 0. The molecule has 0 heterocycles. The minimum absolute atomic E-state index is 1.82. The van der Waals surface area contributed by atoms with Gasteiger partial charge in [0.2, 0.25) is 0 Å². The summed E-state index contributed by atoms with van der Waals surface area (Å²) >= 11 is 0. The second-order valence-electron chi connectivity index (χ2n) is 3.66. The van der Waals surface area contributed by atoms with Crippen LogP contribution < -0.4 is 0 Å². The molecule has 12 N–H and O–H groups in total. The van der Waals surface area contributed by atoms with Gasteiger partial charge in [0.15, 0.2) is 0 Å².